The van der Waals surface area contributed by atoms with Crippen LogP contribution in [0.3, 0.4) is 0 Å². The fourth-order valence-electron chi connectivity index (χ4n) is 2.32. The first-order valence-electron chi connectivity index (χ1n) is 6.30. The molecule has 1 amide bonds. The summed E-state index contributed by atoms with van der Waals surface area (Å²) < 4.78 is 13.5. The molecule has 20 heavy (non-hydrogen) atoms. The van der Waals surface area contributed by atoms with E-state index in [1.165, 1.54) is 6.07 Å². The van der Waals surface area contributed by atoms with Gasteiger partial charge in [-0.1, -0.05) is 0 Å². The predicted octanol–water partition coefficient (Wildman–Crippen LogP) is 1.51. The zero-order valence-electron chi connectivity index (χ0n) is 11.4. The zero-order valence-corrected chi connectivity index (χ0v) is 11.4. The lowest BCUT2D eigenvalue weighted by atomic mass is 10.1. The van der Waals surface area contributed by atoms with Crippen molar-refractivity contribution < 1.29 is 14.1 Å². The number of nitro benzene ring substituents is 1. The molecular weight excluding hydrogens is 265 g/mol. The average Bonchev–Trinajstić information content (AvgIpc) is 2.87. The van der Waals surface area contributed by atoms with Gasteiger partial charge in [-0.15, -0.1) is 0 Å². The summed E-state index contributed by atoms with van der Waals surface area (Å²) in [6.45, 7) is 1.20. The number of amides is 1. The maximum atomic E-state index is 13.5. The van der Waals surface area contributed by atoms with Crippen LogP contribution in [0.15, 0.2) is 18.2 Å². The van der Waals surface area contributed by atoms with Crippen LogP contribution in [0.1, 0.15) is 16.8 Å². The highest BCUT2D eigenvalue weighted by molar-refractivity contribution is 5.94. The summed E-state index contributed by atoms with van der Waals surface area (Å²) in [6.07, 6.45) is 0.869. The smallest absolute Gasteiger partial charge is 0.304 e. The number of nitrogens with zero attached hydrogens (tertiary/aromatic N) is 3. The van der Waals surface area contributed by atoms with Gasteiger partial charge in [0.2, 0.25) is 5.82 Å². The molecule has 1 aliphatic heterocycles. The van der Waals surface area contributed by atoms with Crippen molar-refractivity contribution in [1.82, 2.24) is 9.80 Å². The molecule has 7 heteroatoms. The van der Waals surface area contributed by atoms with Gasteiger partial charge in [0.1, 0.15) is 0 Å². The molecule has 0 aliphatic carbocycles. The second kappa shape index (κ2) is 5.54. The predicted molar refractivity (Wildman–Crippen MR) is 71.0 cm³/mol. The molecule has 1 unspecified atom stereocenters. The SMILES string of the molecule is CN(C)C1CCN(C(=O)c2ccc([N+](=O)[O-])c(F)c2)C1. The van der Waals surface area contributed by atoms with E-state index in [2.05, 4.69) is 0 Å². The largest absolute Gasteiger partial charge is 0.337 e. The summed E-state index contributed by atoms with van der Waals surface area (Å²) in [4.78, 5) is 25.6. The van der Waals surface area contributed by atoms with Crippen LogP contribution >= 0.6 is 0 Å². The molecule has 0 aromatic heterocycles. The minimum Gasteiger partial charge on any atom is -0.337 e. The van der Waals surface area contributed by atoms with E-state index in [0.717, 1.165) is 18.6 Å². The number of hydrogen-bond donors (Lipinski definition) is 0. The van der Waals surface area contributed by atoms with E-state index in [1.54, 1.807) is 4.90 Å². The van der Waals surface area contributed by atoms with Gasteiger partial charge in [-0.3, -0.25) is 14.9 Å². The first-order valence-corrected chi connectivity index (χ1v) is 6.30. The number of halogens is 1. The molecule has 108 valence electrons. The van der Waals surface area contributed by atoms with Gasteiger partial charge in [-0.05, 0) is 32.6 Å². The molecule has 1 saturated heterocycles. The Bertz CT molecular complexity index is 548. The quantitative estimate of drug-likeness (QED) is 0.622. The molecule has 1 aliphatic rings. The monoisotopic (exact) mass is 281 g/mol. The summed E-state index contributed by atoms with van der Waals surface area (Å²) in [5.41, 5.74) is -0.471. The van der Waals surface area contributed by atoms with E-state index in [1.807, 2.05) is 19.0 Å². The number of rotatable bonds is 3. The van der Waals surface area contributed by atoms with Crippen molar-refractivity contribution in [2.75, 3.05) is 27.2 Å². The second-order valence-corrected chi connectivity index (χ2v) is 5.08. The molecule has 6 nitrogen and oxygen atoms in total. The van der Waals surface area contributed by atoms with Crippen molar-refractivity contribution in [1.29, 1.82) is 0 Å². The number of carbonyl (C=O) groups is 1. The van der Waals surface area contributed by atoms with Crippen LogP contribution in [-0.2, 0) is 0 Å². The molecule has 2 rings (SSSR count). The number of likely N-dealkylation sites (N-methyl/N-ethyl adjacent to an activating group) is 1. The second-order valence-electron chi connectivity index (χ2n) is 5.08. The molecule has 1 aromatic carbocycles. The molecule has 1 aromatic rings. The van der Waals surface area contributed by atoms with E-state index in [-0.39, 0.29) is 11.5 Å². The highest BCUT2D eigenvalue weighted by atomic mass is 19.1. The minimum absolute atomic E-state index is 0.146. The molecule has 0 spiro atoms. The van der Waals surface area contributed by atoms with E-state index in [4.69, 9.17) is 0 Å². The third-order valence-electron chi connectivity index (χ3n) is 3.57. The maximum Gasteiger partial charge on any atom is 0.304 e. The first-order chi connectivity index (χ1) is 9.40. The van der Waals surface area contributed by atoms with Gasteiger partial charge in [0.05, 0.1) is 4.92 Å². The first kappa shape index (κ1) is 14.4. The summed E-state index contributed by atoms with van der Waals surface area (Å²) in [7, 11) is 3.90. The van der Waals surface area contributed by atoms with Crippen molar-refractivity contribution >= 4 is 11.6 Å². The summed E-state index contributed by atoms with van der Waals surface area (Å²) in [6, 6.07) is 3.56. The number of benzene rings is 1. The fraction of sp³-hybridized carbons (Fsp3) is 0.462. The average molecular weight is 281 g/mol. The Hall–Kier alpha value is -2.02. The van der Waals surface area contributed by atoms with Crippen molar-refractivity contribution in [3.8, 4) is 0 Å². The lowest BCUT2D eigenvalue weighted by Crippen LogP contribution is -2.34. The Labute approximate surface area is 115 Å². The van der Waals surface area contributed by atoms with Crippen LogP contribution in [0.2, 0.25) is 0 Å². The highest BCUT2D eigenvalue weighted by Gasteiger charge is 2.28. The van der Waals surface area contributed by atoms with E-state index < -0.39 is 16.4 Å². The van der Waals surface area contributed by atoms with Crippen LogP contribution in [0.5, 0.6) is 0 Å². The fourth-order valence-corrected chi connectivity index (χ4v) is 2.32. The van der Waals surface area contributed by atoms with E-state index in [0.29, 0.717) is 19.1 Å². The van der Waals surface area contributed by atoms with Crippen LogP contribution in [-0.4, -0.2) is 53.9 Å². The number of nitro groups is 1. The van der Waals surface area contributed by atoms with Gasteiger partial charge in [0, 0.05) is 30.8 Å². The molecule has 0 radical (unpaired) electrons. The minimum atomic E-state index is -0.982. The van der Waals surface area contributed by atoms with Gasteiger partial charge in [-0.2, -0.15) is 4.39 Å². The van der Waals surface area contributed by atoms with Crippen LogP contribution in [0, 0.1) is 15.9 Å². The third-order valence-corrected chi connectivity index (χ3v) is 3.57. The summed E-state index contributed by atoms with van der Waals surface area (Å²) in [5, 5.41) is 10.5. The number of likely N-dealkylation sites (tertiary alicyclic amines) is 1. The third kappa shape index (κ3) is 2.77. The molecule has 0 bridgehead atoms. The lowest BCUT2D eigenvalue weighted by molar-refractivity contribution is -0.387. The molecular formula is C13H16FN3O3. The number of hydrogen-bond acceptors (Lipinski definition) is 4. The number of carbonyl (C=O) groups excluding carboxylic acids is 1. The van der Waals surface area contributed by atoms with Crippen molar-refractivity contribution in [3.63, 3.8) is 0 Å². The Balaban J connectivity index is 2.14. The van der Waals surface area contributed by atoms with Crippen molar-refractivity contribution in [2.24, 2.45) is 0 Å². The highest BCUT2D eigenvalue weighted by Crippen LogP contribution is 2.21. The van der Waals surface area contributed by atoms with Crippen molar-refractivity contribution in [3.05, 3.63) is 39.7 Å². The van der Waals surface area contributed by atoms with Crippen molar-refractivity contribution in [2.45, 2.75) is 12.5 Å². The van der Waals surface area contributed by atoms with Gasteiger partial charge < -0.3 is 9.80 Å². The Morgan fingerprint density at radius 1 is 1.50 bits per heavy atom. The topological polar surface area (TPSA) is 66.7 Å². The molecule has 1 heterocycles. The van der Waals surface area contributed by atoms with E-state index >= 15 is 0 Å². The normalized spacial score (nSPS) is 18.6. The van der Waals surface area contributed by atoms with Gasteiger partial charge >= 0.3 is 5.69 Å². The van der Waals surface area contributed by atoms with Crippen LogP contribution in [0.4, 0.5) is 10.1 Å². The van der Waals surface area contributed by atoms with Gasteiger partial charge in [0.15, 0.2) is 0 Å². The molecule has 1 fully saturated rings. The van der Waals surface area contributed by atoms with E-state index in [9.17, 15) is 19.3 Å². The zero-order chi connectivity index (χ0) is 14.9. The summed E-state index contributed by atoms with van der Waals surface area (Å²) in [5.74, 6) is -1.27. The Morgan fingerprint density at radius 3 is 2.70 bits per heavy atom. The standard InChI is InChI=1S/C13H16FN3O3/c1-15(2)10-5-6-16(8-10)13(18)9-3-4-12(17(19)20)11(14)7-9/h3-4,7,10H,5-6,8H2,1-2H3. The summed E-state index contributed by atoms with van der Waals surface area (Å²) >= 11 is 0. The molecule has 0 saturated carbocycles. The molecule has 0 N–H and O–H groups in total. The Kier molecular flexibility index (Phi) is 3.99. The maximum absolute atomic E-state index is 13.5. The van der Waals surface area contributed by atoms with Crippen LogP contribution in [0.25, 0.3) is 0 Å². The lowest BCUT2D eigenvalue weighted by Gasteiger charge is -2.20. The van der Waals surface area contributed by atoms with Gasteiger partial charge in [0.25, 0.3) is 5.91 Å². The Morgan fingerprint density at radius 2 is 2.20 bits per heavy atom. The van der Waals surface area contributed by atoms with Crippen LogP contribution < -0.4 is 0 Å². The van der Waals surface area contributed by atoms with Gasteiger partial charge in [-0.25, -0.2) is 0 Å². The molecule has 1 atom stereocenters.